The van der Waals surface area contributed by atoms with Gasteiger partial charge in [-0.3, -0.25) is 19.4 Å². The molecule has 1 aromatic rings. The van der Waals surface area contributed by atoms with Crippen LogP contribution in [0.3, 0.4) is 0 Å². The lowest BCUT2D eigenvalue weighted by Gasteiger charge is -2.35. The third-order valence-electron chi connectivity index (χ3n) is 5.75. The zero-order valence-corrected chi connectivity index (χ0v) is 23.0. The van der Waals surface area contributed by atoms with Crippen LogP contribution in [0.15, 0.2) is 35.0 Å². The summed E-state index contributed by atoms with van der Waals surface area (Å²) >= 11 is 0. The lowest BCUT2D eigenvalue weighted by Crippen LogP contribution is -2.57. The van der Waals surface area contributed by atoms with Gasteiger partial charge in [0.1, 0.15) is 12.1 Å². The molecule has 3 N–H and O–H groups in total. The van der Waals surface area contributed by atoms with Crippen molar-refractivity contribution in [1.29, 1.82) is 0 Å². The molecule has 0 radical (unpaired) electrons. The Balaban J connectivity index is 0.00000316. The van der Waals surface area contributed by atoms with Gasteiger partial charge in [-0.15, -0.1) is 0 Å². The van der Waals surface area contributed by atoms with E-state index in [0.717, 1.165) is 16.8 Å². The highest BCUT2D eigenvalue weighted by Gasteiger charge is 2.44. The number of aliphatic hydroxyl groups excluding tert-OH is 1. The zero-order valence-electron chi connectivity index (χ0n) is 23.0. The van der Waals surface area contributed by atoms with Crippen molar-refractivity contribution in [2.24, 2.45) is 10.4 Å². The fraction of sp³-hybridized carbons (Fsp3) is 0.556. The van der Waals surface area contributed by atoms with Crippen molar-refractivity contribution in [3.63, 3.8) is 0 Å². The summed E-state index contributed by atoms with van der Waals surface area (Å²) in [6.45, 7) is 16.6. The van der Waals surface area contributed by atoms with Gasteiger partial charge < -0.3 is 20.2 Å². The van der Waals surface area contributed by atoms with E-state index < -0.39 is 35.4 Å². The second-order valence-corrected chi connectivity index (χ2v) is 9.59. The lowest BCUT2D eigenvalue weighted by molar-refractivity contribution is -0.145. The molecule has 200 valence electrons. The van der Waals surface area contributed by atoms with Crippen LogP contribution in [0, 0.1) is 5.41 Å². The summed E-state index contributed by atoms with van der Waals surface area (Å²) in [4.78, 5) is 48.8. The Kier molecular flexibility index (Phi) is 11.8. The van der Waals surface area contributed by atoms with E-state index in [-0.39, 0.29) is 18.9 Å². The number of carbonyl (C=O) groups excluding carboxylic acids is 3. The third kappa shape index (κ3) is 8.48. The van der Waals surface area contributed by atoms with E-state index in [4.69, 9.17) is 4.84 Å². The molecular formula is C27H42N4O5. The number of likely N-dealkylation sites (tertiary alicyclic amines) is 1. The van der Waals surface area contributed by atoms with E-state index >= 15 is 0 Å². The number of aliphatic hydroxyl groups is 1. The maximum atomic E-state index is 13.2. The number of rotatable bonds is 7. The van der Waals surface area contributed by atoms with E-state index in [0.29, 0.717) is 5.75 Å². The number of benzene rings is 1. The van der Waals surface area contributed by atoms with Crippen molar-refractivity contribution in [3.05, 3.63) is 35.5 Å². The van der Waals surface area contributed by atoms with Crippen LogP contribution in [0.25, 0.3) is 5.57 Å². The van der Waals surface area contributed by atoms with Crippen molar-refractivity contribution >= 4 is 29.5 Å². The van der Waals surface area contributed by atoms with E-state index in [9.17, 15) is 19.5 Å². The highest BCUT2D eigenvalue weighted by Crippen LogP contribution is 2.26. The Morgan fingerprint density at radius 1 is 1.14 bits per heavy atom. The Morgan fingerprint density at radius 3 is 2.22 bits per heavy atom. The van der Waals surface area contributed by atoms with Crippen molar-refractivity contribution < 1.29 is 24.3 Å². The molecule has 1 heterocycles. The van der Waals surface area contributed by atoms with E-state index in [2.05, 4.69) is 15.8 Å². The second-order valence-electron chi connectivity index (χ2n) is 9.59. The number of nitrogens with one attached hydrogen (secondary N) is 2. The van der Waals surface area contributed by atoms with E-state index in [1.54, 1.807) is 18.3 Å². The van der Waals surface area contributed by atoms with Crippen LogP contribution in [0.2, 0.25) is 0 Å². The molecule has 3 atom stereocenters. The summed E-state index contributed by atoms with van der Waals surface area (Å²) in [7, 11) is 0. The van der Waals surface area contributed by atoms with E-state index in [1.807, 2.05) is 67.5 Å². The molecule has 1 aliphatic rings. The number of hydrogen-bond donors (Lipinski definition) is 3. The largest absolute Gasteiger partial charge is 0.391 e. The summed E-state index contributed by atoms with van der Waals surface area (Å²) in [5.41, 5.74) is 4.71. The normalized spacial score (nSPS) is 19.1. The summed E-state index contributed by atoms with van der Waals surface area (Å²) in [5, 5.41) is 12.8. The number of β-amino-alcohol motifs (C(OH)–C–C–N with tert-alkyl or cyclic N) is 1. The van der Waals surface area contributed by atoms with Gasteiger partial charge in [-0.1, -0.05) is 46.8 Å². The quantitative estimate of drug-likeness (QED) is 0.389. The summed E-state index contributed by atoms with van der Waals surface area (Å²) in [5.74, 6) is -0.892. The van der Waals surface area contributed by atoms with Crippen molar-refractivity contribution in [1.82, 2.24) is 15.7 Å². The molecule has 3 amide bonds. The van der Waals surface area contributed by atoms with Crippen LogP contribution in [0.1, 0.15) is 74.3 Å². The molecule has 36 heavy (non-hydrogen) atoms. The first-order valence-corrected chi connectivity index (χ1v) is 12.3. The molecule has 0 saturated carbocycles. The Labute approximate surface area is 215 Å². The minimum Gasteiger partial charge on any atom is -0.391 e. The maximum Gasteiger partial charge on any atom is 0.275 e. The first kappa shape index (κ1) is 30.8. The van der Waals surface area contributed by atoms with Crippen LogP contribution < -0.4 is 15.6 Å². The van der Waals surface area contributed by atoms with Crippen LogP contribution >= 0.6 is 0 Å². The van der Waals surface area contributed by atoms with Gasteiger partial charge in [-0.2, -0.15) is 5.48 Å². The fourth-order valence-corrected chi connectivity index (χ4v) is 3.77. The van der Waals surface area contributed by atoms with Crippen LogP contribution in [0.5, 0.6) is 5.75 Å². The number of hydrogen-bond acceptors (Lipinski definition) is 6. The highest BCUT2D eigenvalue weighted by atomic mass is 16.7. The average Bonchev–Trinajstić information content (AvgIpc) is 3.23. The first-order chi connectivity index (χ1) is 16.8. The smallest absolute Gasteiger partial charge is 0.275 e. The molecule has 0 aromatic heterocycles. The molecule has 1 fully saturated rings. The SMILES string of the molecule is CC.CC=N/C(C)=C(\C)c1ccc(ONC(=O)C2C[C@@H](O)CN2C(=O)C(NC(C)=O)C(C)(C)C)cc1. The molecule has 1 aliphatic heterocycles. The number of nitrogens with zero attached hydrogens (tertiary/aromatic N) is 2. The zero-order chi connectivity index (χ0) is 27.6. The standard InChI is InChI=1S/C25H36N4O5.C2H6/c1-8-26-16(3)15(2)18-9-11-20(12-10-18)34-28-23(32)21-13-19(31)14-29(21)24(33)22(25(5,6)7)27-17(4)30;1-2/h8-12,19,21-22,31H,13-14H2,1-7H3,(H,27,30)(H,28,32);1-2H3/b16-15+,26-8?;/t19-,21?,22?;/m1./s1. The van der Waals surface area contributed by atoms with Gasteiger partial charge in [0, 0.05) is 31.8 Å². The Hall–Kier alpha value is -3.20. The predicted octanol–water partition coefficient (Wildman–Crippen LogP) is 3.48. The number of amides is 3. The molecule has 1 aromatic carbocycles. The molecule has 9 heteroatoms. The summed E-state index contributed by atoms with van der Waals surface area (Å²) < 4.78 is 0. The third-order valence-corrected chi connectivity index (χ3v) is 5.75. The van der Waals surface area contributed by atoms with Crippen molar-refractivity contribution in [2.45, 2.75) is 86.9 Å². The summed E-state index contributed by atoms with van der Waals surface area (Å²) in [6, 6.07) is 5.42. The lowest BCUT2D eigenvalue weighted by atomic mass is 9.85. The predicted molar refractivity (Wildman–Crippen MR) is 142 cm³/mol. The van der Waals surface area contributed by atoms with Gasteiger partial charge in [-0.05, 0) is 49.5 Å². The molecule has 0 aliphatic carbocycles. The minimum atomic E-state index is -0.917. The molecule has 0 spiro atoms. The minimum absolute atomic E-state index is 0.00296. The monoisotopic (exact) mass is 502 g/mol. The van der Waals surface area contributed by atoms with Gasteiger partial charge in [0.25, 0.3) is 5.91 Å². The highest BCUT2D eigenvalue weighted by molar-refractivity contribution is 5.92. The van der Waals surface area contributed by atoms with Crippen molar-refractivity contribution in [2.75, 3.05) is 6.54 Å². The average molecular weight is 503 g/mol. The maximum absolute atomic E-state index is 13.2. The fourth-order valence-electron chi connectivity index (χ4n) is 3.77. The first-order valence-electron chi connectivity index (χ1n) is 12.3. The molecule has 0 bridgehead atoms. The molecule has 2 unspecified atom stereocenters. The van der Waals surface area contributed by atoms with Gasteiger partial charge >= 0.3 is 0 Å². The van der Waals surface area contributed by atoms with Crippen LogP contribution in [0.4, 0.5) is 0 Å². The van der Waals surface area contributed by atoms with Gasteiger partial charge in [0.2, 0.25) is 11.8 Å². The molecular weight excluding hydrogens is 460 g/mol. The topological polar surface area (TPSA) is 120 Å². The Morgan fingerprint density at radius 2 is 1.72 bits per heavy atom. The van der Waals surface area contributed by atoms with Crippen LogP contribution in [-0.4, -0.2) is 58.7 Å². The van der Waals surface area contributed by atoms with Gasteiger partial charge in [0.05, 0.1) is 6.10 Å². The molecule has 2 rings (SSSR count). The number of carbonyl (C=O) groups is 3. The molecule has 9 nitrogen and oxygen atoms in total. The summed E-state index contributed by atoms with van der Waals surface area (Å²) in [6.07, 6.45) is 0.971. The van der Waals surface area contributed by atoms with Gasteiger partial charge in [0.15, 0.2) is 5.75 Å². The Bertz CT molecular complexity index is 963. The van der Waals surface area contributed by atoms with Gasteiger partial charge in [-0.25, -0.2) is 0 Å². The number of allylic oxidation sites excluding steroid dienone is 2. The van der Waals surface area contributed by atoms with Crippen LogP contribution in [-0.2, 0) is 14.4 Å². The second kappa shape index (κ2) is 13.8. The molecule has 1 saturated heterocycles. The van der Waals surface area contributed by atoms with Crippen molar-refractivity contribution in [3.8, 4) is 5.75 Å². The van der Waals surface area contributed by atoms with E-state index in [1.165, 1.54) is 11.8 Å². The number of hydroxylamine groups is 1. The number of aliphatic imine (C=N–C) groups is 1.